The van der Waals surface area contributed by atoms with Crippen LogP contribution in [-0.2, 0) is 5.54 Å². The van der Waals surface area contributed by atoms with Crippen molar-refractivity contribution < 1.29 is 30.7 Å². The zero-order valence-electron chi connectivity index (χ0n) is 13.7. The third kappa shape index (κ3) is 2.68. The number of alkyl halides is 6. The number of aliphatic imine (C=N–C) groups is 1. The van der Waals surface area contributed by atoms with E-state index in [1.165, 1.54) is 4.98 Å². The van der Waals surface area contributed by atoms with Gasteiger partial charge in [-0.25, -0.2) is 18.7 Å². The number of fused-ring (bicyclic) bond motifs is 1. The third-order valence-corrected chi connectivity index (χ3v) is 4.01. The summed E-state index contributed by atoms with van der Waals surface area (Å²) in [7, 11) is 0. The number of rotatable bonds is 1. The number of nitrogens with one attached hydrogen (secondary N) is 2. The molecule has 0 unspecified atom stereocenters. The predicted octanol–water partition coefficient (Wildman–Crippen LogP) is 2.83. The smallest absolute Gasteiger partial charge is 0.329 e. The van der Waals surface area contributed by atoms with Crippen molar-refractivity contribution in [3.05, 3.63) is 56.5 Å². The zero-order chi connectivity index (χ0) is 21.1. The first-order valence-electron chi connectivity index (χ1n) is 7.42. The Morgan fingerprint density at radius 2 is 1.54 bits per heavy atom. The number of hydrogen-bond donors (Lipinski definition) is 2. The SMILES string of the molecule is CC1=NC(C(F)(F)F)(C(F)(F)F)c2c(n(-c3ccc(F)cc3)c(=O)[nH]c2=O)N1. The van der Waals surface area contributed by atoms with Gasteiger partial charge in [-0.15, -0.1) is 0 Å². The van der Waals surface area contributed by atoms with Crippen molar-refractivity contribution in [2.75, 3.05) is 5.32 Å². The van der Waals surface area contributed by atoms with Gasteiger partial charge in [-0.2, -0.15) is 26.3 Å². The number of halogens is 7. The molecular weight excluding hydrogens is 401 g/mol. The zero-order valence-corrected chi connectivity index (χ0v) is 13.7. The summed E-state index contributed by atoms with van der Waals surface area (Å²) < 4.78 is 95.5. The van der Waals surface area contributed by atoms with Gasteiger partial charge in [0.05, 0.1) is 5.69 Å². The van der Waals surface area contributed by atoms with Crippen LogP contribution in [0.5, 0.6) is 0 Å². The molecule has 0 saturated carbocycles. The lowest BCUT2D eigenvalue weighted by Crippen LogP contribution is -2.59. The quantitative estimate of drug-likeness (QED) is 0.710. The average Bonchev–Trinajstić information content (AvgIpc) is 2.53. The molecule has 0 amide bonds. The minimum Gasteiger partial charge on any atom is -0.329 e. The van der Waals surface area contributed by atoms with Gasteiger partial charge in [0, 0.05) is 0 Å². The summed E-state index contributed by atoms with van der Waals surface area (Å²) in [5.74, 6) is -2.66. The van der Waals surface area contributed by atoms with Crippen molar-refractivity contribution in [3.63, 3.8) is 0 Å². The Morgan fingerprint density at radius 3 is 2.04 bits per heavy atom. The van der Waals surface area contributed by atoms with Gasteiger partial charge in [0.25, 0.3) is 11.1 Å². The molecule has 0 aliphatic carbocycles. The van der Waals surface area contributed by atoms with Crippen molar-refractivity contribution in [3.8, 4) is 5.69 Å². The maximum absolute atomic E-state index is 13.7. The van der Waals surface area contributed by atoms with E-state index in [1.54, 1.807) is 0 Å². The summed E-state index contributed by atoms with van der Waals surface area (Å²) in [5, 5.41) is 2.12. The molecule has 0 atom stereocenters. The van der Waals surface area contributed by atoms with E-state index in [2.05, 4.69) is 10.3 Å². The molecule has 150 valence electrons. The number of amidine groups is 1. The van der Waals surface area contributed by atoms with Gasteiger partial charge < -0.3 is 5.32 Å². The summed E-state index contributed by atoms with van der Waals surface area (Å²) in [6.45, 7) is 0.815. The molecule has 0 spiro atoms. The number of aromatic nitrogens is 2. The van der Waals surface area contributed by atoms with Crippen LogP contribution in [0.2, 0.25) is 0 Å². The Labute approximate surface area is 150 Å². The summed E-state index contributed by atoms with van der Waals surface area (Å²) >= 11 is 0. The molecule has 0 saturated heterocycles. The summed E-state index contributed by atoms with van der Waals surface area (Å²) in [6, 6.07) is 3.57. The lowest BCUT2D eigenvalue weighted by atomic mass is 9.88. The molecule has 13 heteroatoms. The maximum atomic E-state index is 13.7. The highest BCUT2D eigenvalue weighted by Gasteiger charge is 2.75. The normalized spacial score (nSPS) is 16.2. The summed E-state index contributed by atoms with van der Waals surface area (Å²) in [4.78, 5) is 28.4. The number of benzene rings is 1. The Kier molecular flexibility index (Phi) is 4.16. The van der Waals surface area contributed by atoms with Crippen LogP contribution in [0.1, 0.15) is 12.5 Å². The fourth-order valence-corrected chi connectivity index (χ4v) is 2.90. The fraction of sp³-hybridized carbons (Fsp3) is 0.267. The maximum Gasteiger partial charge on any atom is 0.427 e. The Morgan fingerprint density at radius 1 is 1.00 bits per heavy atom. The van der Waals surface area contributed by atoms with Crippen LogP contribution in [0.4, 0.5) is 36.6 Å². The second-order valence-corrected chi connectivity index (χ2v) is 5.82. The van der Waals surface area contributed by atoms with Crippen LogP contribution < -0.4 is 16.6 Å². The number of nitrogens with zero attached hydrogens (tertiary/aromatic N) is 2. The molecule has 1 aliphatic heterocycles. The molecule has 28 heavy (non-hydrogen) atoms. The van der Waals surface area contributed by atoms with Crippen LogP contribution in [0.15, 0.2) is 38.8 Å². The second-order valence-electron chi connectivity index (χ2n) is 5.82. The highest BCUT2D eigenvalue weighted by molar-refractivity contribution is 5.96. The highest BCUT2D eigenvalue weighted by Crippen LogP contribution is 2.55. The van der Waals surface area contributed by atoms with Crippen molar-refractivity contribution >= 4 is 11.7 Å². The molecular formula is C15H9F7N4O2. The van der Waals surface area contributed by atoms with E-state index in [-0.39, 0.29) is 5.69 Å². The fourth-order valence-electron chi connectivity index (χ4n) is 2.90. The first-order valence-corrected chi connectivity index (χ1v) is 7.42. The highest BCUT2D eigenvalue weighted by atomic mass is 19.4. The van der Waals surface area contributed by atoms with Gasteiger partial charge in [0.15, 0.2) is 0 Å². The molecule has 2 aromatic rings. The molecule has 2 heterocycles. The van der Waals surface area contributed by atoms with Crippen molar-refractivity contribution in [2.45, 2.75) is 24.8 Å². The summed E-state index contributed by atoms with van der Waals surface area (Å²) in [5.41, 5.74) is -10.2. The van der Waals surface area contributed by atoms with Gasteiger partial charge in [-0.05, 0) is 31.2 Å². The third-order valence-electron chi connectivity index (χ3n) is 4.01. The van der Waals surface area contributed by atoms with E-state index in [9.17, 15) is 40.3 Å². The lowest BCUT2D eigenvalue weighted by Gasteiger charge is -2.38. The van der Waals surface area contributed by atoms with E-state index in [0.717, 1.165) is 31.2 Å². The van der Waals surface area contributed by atoms with Gasteiger partial charge in [-0.3, -0.25) is 9.78 Å². The number of H-pyrrole nitrogens is 1. The molecule has 0 radical (unpaired) electrons. The van der Waals surface area contributed by atoms with Crippen LogP contribution in [0, 0.1) is 5.82 Å². The minimum absolute atomic E-state index is 0.278. The standard InChI is InChI=1S/C15H9F7N4O2/c1-6-23-10-9(13(25-6,14(17,18)19)15(20,21)22)11(27)24-12(28)26(10)8-4-2-7(16)3-5-8/h2-5H,1H3,(H,23,25)(H,24,27,28). The predicted molar refractivity (Wildman–Crippen MR) is 83.1 cm³/mol. The molecule has 0 bridgehead atoms. The minimum atomic E-state index is -6.05. The monoisotopic (exact) mass is 410 g/mol. The van der Waals surface area contributed by atoms with Gasteiger partial charge in [-0.1, -0.05) is 0 Å². The van der Waals surface area contributed by atoms with E-state index in [1.807, 2.05) is 0 Å². The van der Waals surface area contributed by atoms with E-state index < -0.39 is 52.2 Å². The largest absolute Gasteiger partial charge is 0.427 e. The molecule has 0 fully saturated rings. The van der Waals surface area contributed by atoms with Gasteiger partial charge in [0.2, 0.25) is 0 Å². The molecule has 6 nitrogen and oxygen atoms in total. The molecule has 1 aromatic heterocycles. The topological polar surface area (TPSA) is 79.2 Å². The number of aromatic amines is 1. The van der Waals surface area contributed by atoms with E-state index in [4.69, 9.17) is 0 Å². The Balaban J connectivity index is 2.51. The van der Waals surface area contributed by atoms with Crippen molar-refractivity contribution in [1.82, 2.24) is 9.55 Å². The number of anilines is 1. The Hall–Kier alpha value is -3.12. The second kappa shape index (κ2) is 5.94. The molecule has 2 N–H and O–H groups in total. The lowest BCUT2D eigenvalue weighted by molar-refractivity contribution is -0.301. The van der Waals surface area contributed by atoms with Gasteiger partial charge in [0.1, 0.15) is 23.0 Å². The molecule has 1 aliphatic rings. The van der Waals surface area contributed by atoms with Crippen LogP contribution in [0.3, 0.4) is 0 Å². The number of hydrogen-bond acceptors (Lipinski definition) is 4. The summed E-state index contributed by atoms with van der Waals surface area (Å²) in [6.07, 6.45) is -12.1. The van der Waals surface area contributed by atoms with Crippen LogP contribution in [0.25, 0.3) is 5.69 Å². The Bertz CT molecular complexity index is 1060. The van der Waals surface area contributed by atoms with E-state index in [0.29, 0.717) is 4.57 Å². The first-order chi connectivity index (χ1) is 12.8. The molecule has 3 rings (SSSR count). The molecule has 1 aromatic carbocycles. The van der Waals surface area contributed by atoms with Gasteiger partial charge >= 0.3 is 18.0 Å². The first kappa shape index (κ1) is 19.6. The van der Waals surface area contributed by atoms with Crippen molar-refractivity contribution in [2.24, 2.45) is 4.99 Å². The van der Waals surface area contributed by atoms with Crippen LogP contribution >= 0.6 is 0 Å². The average molecular weight is 410 g/mol. The van der Waals surface area contributed by atoms with Crippen LogP contribution in [-0.4, -0.2) is 27.7 Å². The van der Waals surface area contributed by atoms with Crippen molar-refractivity contribution in [1.29, 1.82) is 0 Å². The van der Waals surface area contributed by atoms with E-state index >= 15 is 0 Å².